The van der Waals surface area contributed by atoms with Crippen LogP contribution in [0.4, 0.5) is 0 Å². The molecular weight excluding hydrogens is 307 g/mol. The van der Waals surface area contributed by atoms with Gasteiger partial charge in [0.2, 0.25) is 0 Å². The van der Waals surface area contributed by atoms with Crippen molar-refractivity contribution in [3.8, 4) is 0 Å². The van der Waals surface area contributed by atoms with Crippen LogP contribution in [0.5, 0.6) is 0 Å². The molecule has 0 amide bonds. The minimum atomic E-state index is 1.31. The van der Waals surface area contributed by atoms with Crippen LogP contribution in [0.3, 0.4) is 0 Å². The van der Waals surface area contributed by atoms with Crippen molar-refractivity contribution in [1.29, 1.82) is 0 Å². The Kier molecular flexibility index (Phi) is 2.36. The van der Waals surface area contributed by atoms with Gasteiger partial charge in [-0.1, -0.05) is 36.4 Å². The number of aryl methyl sites for hydroxylation is 1. The van der Waals surface area contributed by atoms with E-state index in [9.17, 15) is 0 Å². The molecule has 3 aromatic carbocycles. The van der Waals surface area contributed by atoms with E-state index < -0.39 is 0 Å². The first-order valence-electron chi connectivity index (χ1n) is 5.33. The van der Waals surface area contributed by atoms with Gasteiger partial charge in [-0.2, -0.15) is 0 Å². The van der Waals surface area contributed by atoms with Crippen LogP contribution < -0.4 is 0 Å². The van der Waals surface area contributed by atoms with Crippen molar-refractivity contribution in [1.82, 2.24) is 0 Å². The summed E-state index contributed by atoms with van der Waals surface area (Å²) < 4.78 is 1.36. The Bertz CT molecular complexity index is 683. The summed E-state index contributed by atoms with van der Waals surface area (Å²) >= 11 is 2.44. The van der Waals surface area contributed by atoms with Crippen molar-refractivity contribution < 1.29 is 0 Å². The van der Waals surface area contributed by atoms with E-state index in [0.717, 1.165) is 0 Å². The molecule has 16 heavy (non-hydrogen) atoms. The lowest BCUT2D eigenvalue weighted by Crippen LogP contribution is -1.83. The molecule has 0 saturated heterocycles. The molecule has 0 aliphatic rings. The number of halogens is 1. The second kappa shape index (κ2) is 3.74. The highest BCUT2D eigenvalue weighted by molar-refractivity contribution is 14.1. The van der Waals surface area contributed by atoms with Gasteiger partial charge in [-0.15, -0.1) is 0 Å². The summed E-state index contributed by atoms with van der Waals surface area (Å²) in [5, 5.41) is 5.32. The van der Waals surface area contributed by atoms with Crippen molar-refractivity contribution in [3.05, 3.63) is 57.7 Å². The van der Waals surface area contributed by atoms with Crippen LogP contribution in [0, 0.1) is 10.5 Å². The van der Waals surface area contributed by atoms with Crippen LogP contribution >= 0.6 is 22.6 Å². The molecule has 78 valence electrons. The van der Waals surface area contributed by atoms with Crippen LogP contribution in [0.15, 0.2) is 48.5 Å². The van der Waals surface area contributed by atoms with Gasteiger partial charge in [0.05, 0.1) is 0 Å². The third-order valence-corrected chi connectivity index (χ3v) is 4.45. The molecule has 3 rings (SSSR count). The van der Waals surface area contributed by atoms with E-state index in [1.165, 1.54) is 30.7 Å². The first kappa shape index (κ1) is 10.1. The van der Waals surface area contributed by atoms with Crippen LogP contribution in [-0.4, -0.2) is 0 Å². The van der Waals surface area contributed by atoms with E-state index in [1.54, 1.807) is 0 Å². The Morgan fingerprint density at radius 2 is 1.50 bits per heavy atom. The molecule has 0 atom stereocenters. The second-order valence-electron chi connectivity index (χ2n) is 4.12. The standard InChI is InChI=1S/C15H11I/c1-10-6-7-13-8-11-4-2-3-5-12(11)9-14(13)15(10)16/h2-9H,1H3. The molecule has 0 aliphatic heterocycles. The fraction of sp³-hybridized carbons (Fsp3) is 0.0667. The van der Waals surface area contributed by atoms with Gasteiger partial charge in [-0.25, -0.2) is 0 Å². The third-order valence-electron chi connectivity index (χ3n) is 3.01. The Labute approximate surface area is 108 Å². The topological polar surface area (TPSA) is 0 Å². The van der Waals surface area contributed by atoms with Gasteiger partial charge < -0.3 is 0 Å². The van der Waals surface area contributed by atoms with Crippen molar-refractivity contribution in [2.45, 2.75) is 6.92 Å². The molecule has 0 bridgehead atoms. The summed E-state index contributed by atoms with van der Waals surface area (Å²) in [6.07, 6.45) is 0. The number of benzene rings is 3. The Hall–Kier alpha value is -1.09. The fourth-order valence-electron chi connectivity index (χ4n) is 2.09. The summed E-state index contributed by atoms with van der Waals surface area (Å²) in [5.41, 5.74) is 1.35. The number of rotatable bonds is 0. The van der Waals surface area contributed by atoms with Gasteiger partial charge in [-0.05, 0) is 68.8 Å². The Morgan fingerprint density at radius 1 is 0.812 bits per heavy atom. The van der Waals surface area contributed by atoms with Crippen LogP contribution in [0.25, 0.3) is 21.5 Å². The van der Waals surface area contributed by atoms with Gasteiger partial charge in [-0.3, -0.25) is 0 Å². The van der Waals surface area contributed by atoms with Crippen LogP contribution in [0.2, 0.25) is 0 Å². The summed E-state index contributed by atoms with van der Waals surface area (Å²) in [6.45, 7) is 2.16. The predicted octanol–water partition coefficient (Wildman–Crippen LogP) is 4.91. The second-order valence-corrected chi connectivity index (χ2v) is 5.20. The molecule has 1 heteroatoms. The van der Waals surface area contributed by atoms with E-state index in [1.807, 2.05) is 0 Å². The van der Waals surface area contributed by atoms with E-state index in [2.05, 4.69) is 78.0 Å². The monoisotopic (exact) mass is 318 g/mol. The van der Waals surface area contributed by atoms with Gasteiger partial charge in [0, 0.05) is 3.57 Å². The summed E-state index contributed by atoms with van der Waals surface area (Å²) in [5.74, 6) is 0. The average Bonchev–Trinajstić information content (AvgIpc) is 2.32. The zero-order valence-electron chi connectivity index (χ0n) is 9.00. The quantitative estimate of drug-likeness (QED) is 0.408. The summed E-state index contributed by atoms with van der Waals surface area (Å²) in [4.78, 5) is 0. The minimum absolute atomic E-state index is 1.31. The van der Waals surface area contributed by atoms with E-state index in [4.69, 9.17) is 0 Å². The molecule has 0 saturated carbocycles. The Balaban J connectivity index is 2.51. The maximum Gasteiger partial charge on any atom is 0.0238 e. The molecule has 0 radical (unpaired) electrons. The molecule has 0 unspecified atom stereocenters. The maximum absolute atomic E-state index is 2.44. The predicted molar refractivity (Wildman–Crippen MR) is 78.9 cm³/mol. The highest BCUT2D eigenvalue weighted by Crippen LogP contribution is 2.28. The van der Waals surface area contributed by atoms with Crippen molar-refractivity contribution in [2.24, 2.45) is 0 Å². The molecule has 0 spiro atoms. The highest BCUT2D eigenvalue weighted by Gasteiger charge is 2.03. The molecule has 3 aromatic rings. The zero-order chi connectivity index (χ0) is 11.1. The van der Waals surface area contributed by atoms with E-state index in [-0.39, 0.29) is 0 Å². The van der Waals surface area contributed by atoms with Crippen molar-refractivity contribution in [3.63, 3.8) is 0 Å². The summed E-state index contributed by atoms with van der Waals surface area (Å²) in [6, 6.07) is 17.5. The molecule has 0 N–H and O–H groups in total. The third kappa shape index (κ3) is 1.50. The van der Waals surface area contributed by atoms with E-state index in [0.29, 0.717) is 0 Å². The molecule has 0 heterocycles. The fourth-order valence-corrected chi connectivity index (χ4v) is 2.73. The molecule has 0 aromatic heterocycles. The highest BCUT2D eigenvalue weighted by atomic mass is 127. The SMILES string of the molecule is Cc1ccc2cc3ccccc3cc2c1I. The first-order valence-corrected chi connectivity index (χ1v) is 6.41. The molecule has 0 nitrogen and oxygen atoms in total. The van der Waals surface area contributed by atoms with Gasteiger partial charge in [0.25, 0.3) is 0 Å². The first-order chi connectivity index (χ1) is 7.75. The van der Waals surface area contributed by atoms with Crippen LogP contribution in [0.1, 0.15) is 5.56 Å². The Morgan fingerprint density at radius 3 is 2.25 bits per heavy atom. The molecular formula is C15H11I. The molecule has 0 fully saturated rings. The minimum Gasteiger partial charge on any atom is -0.0616 e. The van der Waals surface area contributed by atoms with Gasteiger partial charge in [0.1, 0.15) is 0 Å². The lowest BCUT2D eigenvalue weighted by Gasteiger charge is -2.06. The summed E-state index contributed by atoms with van der Waals surface area (Å²) in [7, 11) is 0. The number of hydrogen-bond acceptors (Lipinski definition) is 0. The normalized spacial score (nSPS) is 11.1. The zero-order valence-corrected chi connectivity index (χ0v) is 11.2. The van der Waals surface area contributed by atoms with Gasteiger partial charge in [0.15, 0.2) is 0 Å². The smallest absolute Gasteiger partial charge is 0.0238 e. The average molecular weight is 318 g/mol. The van der Waals surface area contributed by atoms with Crippen LogP contribution in [-0.2, 0) is 0 Å². The lowest BCUT2D eigenvalue weighted by atomic mass is 10.0. The largest absolute Gasteiger partial charge is 0.0616 e. The van der Waals surface area contributed by atoms with E-state index >= 15 is 0 Å². The maximum atomic E-state index is 2.44. The van der Waals surface area contributed by atoms with Gasteiger partial charge >= 0.3 is 0 Å². The number of fused-ring (bicyclic) bond motifs is 2. The molecule has 0 aliphatic carbocycles. The van der Waals surface area contributed by atoms with Crippen molar-refractivity contribution >= 4 is 44.1 Å². The lowest BCUT2D eigenvalue weighted by molar-refractivity contribution is 1.47. The number of hydrogen-bond donors (Lipinski definition) is 0. The van der Waals surface area contributed by atoms with Crippen molar-refractivity contribution in [2.75, 3.05) is 0 Å².